The quantitative estimate of drug-likeness (QED) is 0.888. The van der Waals surface area contributed by atoms with Crippen LogP contribution in [0.5, 0.6) is 11.5 Å². The third-order valence-corrected chi connectivity index (χ3v) is 3.99. The molecule has 1 unspecified atom stereocenters. The molecule has 0 fully saturated rings. The number of benzene rings is 2. The summed E-state index contributed by atoms with van der Waals surface area (Å²) in [5.41, 5.74) is 1.66. The van der Waals surface area contributed by atoms with E-state index >= 15 is 0 Å². The molecule has 0 bridgehead atoms. The summed E-state index contributed by atoms with van der Waals surface area (Å²) in [5, 5.41) is 4.42. The fourth-order valence-electron chi connectivity index (χ4n) is 2.38. The summed E-state index contributed by atoms with van der Waals surface area (Å²) in [6.07, 6.45) is 0. The predicted molar refractivity (Wildman–Crippen MR) is 86.9 cm³/mol. The van der Waals surface area contributed by atoms with E-state index in [2.05, 4.69) is 5.32 Å². The van der Waals surface area contributed by atoms with Crippen molar-refractivity contribution < 1.29 is 9.47 Å². The summed E-state index contributed by atoms with van der Waals surface area (Å²) in [6, 6.07) is 10.9. The third kappa shape index (κ3) is 3.10. The van der Waals surface area contributed by atoms with E-state index in [1.807, 2.05) is 43.4 Å². The highest BCUT2D eigenvalue weighted by molar-refractivity contribution is 6.36. The van der Waals surface area contributed by atoms with E-state index in [9.17, 15) is 0 Å². The lowest BCUT2D eigenvalue weighted by atomic mass is 9.96. The molecule has 2 aromatic rings. The van der Waals surface area contributed by atoms with E-state index < -0.39 is 0 Å². The van der Waals surface area contributed by atoms with E-state index in [-0.39, 0.29) is 6.04 Å². The highest BCUT2D eigenvalue weighted by Gasteiger charge is 2.25. The Morgan fingerprint density at radius 1 is 0.857 bits per heavy atom. The van der Waals surface area contributed by atoms with E-state index in [0.717, 1.165) is 11.1 Å². The number of ether oxygens (including phenoxy) is 2. The van der Waals surface area contributed by atoms with Gasteiger partial charge in [0.25, 0.3) is 0 Å². The number of halogens is 2. The summed E-state index contributed by atoms with van der Waals surface area (Å²) >= 11 is 12.7. The van der Waals surface area contributed by atoms with Gasteiger partial charge in [0.2, 0.25) is 0 Å². The average molecular weight is 326 g/mol. The van der Waals surface area contributed by atoms with Gasteiger partial charge in [0, 0.05) is 15.6 Å². The Morgan fingerprint density at radius 3 is 1.76 bits per heavy atom. The minimum atomic E-state index is -0.239. The van der Waals surface area contributed by atoms with Gasteiger partial charge in [-0.25, -0.2) is 0 Å². The van der Waals surface area contributed by atoms with Crippen molar-refractivity contribution in [1.29, 1.82) is 0 Å². The van der Waals surface area contributed by atoms with Crippen molar-refractivity contribution in [2.75, 3.05) is 21.3 Å². The molecule has 0 saturated heterocycles. The predicted octanol–water partition coefficient (Wildman–Crippen LogP) is 4.32. The van der Waals surface area contributed by atoms with E-state index in [1.54, 1.807) is 14.2 Å². The molecule has 3 nitrogen and oxygen atoms in total. The van der Waals surface area contributed by atoms with Crippen LogP contribution in [0.3, 0.4) is 0 Å². The summed E-state index contributed by atoms with van der Waals surface area (Å²) in [7, 11) is 5.09. The number of hydrogen-bond acceptors (Lipinski definition) is 3. The molecule has 21 heavy (non-hydrogen) atoms. The molecule has 0 aliphatic carbocycles. The molecule has 2 aromatic carbocycles. The van der Waals surface area contributed by atoms with Crippen LogP contribution in [0.2, 0.25) is 10.0 Å². The molecule has 0 spiro atoms. The summed E-state index contributed by atoms with van der Waals surface area (Å²) in [4.78, 5) is 0. The van der Waals surface area contributed by atoms with Gasteiger partial charge >= 0.3 is 0 Å². The molecule has 112 valence electrons. The molecular formula is C16H17Cl2NO2. The van der Waals surface area contributed by atoms with Gasteiger partial charge in [-0.1, -0.05) is 35.3 Å². The van der Waals surface area contributed by atoms with Crippen LogP contribution in [0.25, 0.3) is 0 Å². The van der Waals surface area contributed by atoms with Crippen LogP contribution in [0.15, 0.2) is 36.4 Å². The summed E-state index contributed by atoms with van der Waals surface area (Å²) < 4.78 is 10.9. The minimum Gasteiger partial charge on any atom is -0.496 e. The molecule has 5 heteroatoms. The maximum atomic E-state index is 6.34. The molecule has 0 aliphatic heterocycles. The smallest absolute Gasteiger partial charge is 0.127 e. The van der Waals surface area contributed by atoms with Gasteiger partial charge in [-0.3, -0.25) is 0 Å². The molecular weight excluding hydrogens is 309 g/mol. The van der Waals surface area contributed by atoms with E-state index in [0.29, 0.717) is 21.5 Å². The van der Waals surface area contributed by atoms with Gasteiger partial charge in [0.15, 0.2) is 0 Å². The Hall–Kier alpha value is -1.42. The van der Waals surface area contributed by atoms with Gasteiger partial charge in [0.1, 0.15) is 11.5 Å². The average Bonchev–Trinajstić information content (AvgIpc) is 2.50. The Labute approximate surface area is 134 Å². The Balaban J connectivity index is 2.67. The normalized spacial score (nSPS) is 12.0. The zero-order valence-corrected chi connectivity index (χ0v) is 13.6. The molecule has 0 saturated carbocycles. The van der Waals surface area contributed by atoms with Gasteiger partial charge in [0.05, 0.1) is 25.8 Å². The highest BCUT2D eigenvalue weighted by atomic mass is 35.5. The van der Waals surface area contributed by atoms with Crippen molar-refractivity contribution in [2.45, 2.75) is 6.04 Å². The van der Waals surface area contributed by atoms with Crippen molar-refractivity contribution in [2.24, 2.45) is 0 Å². The van der Waals surface area contributed by atoms with Crippen molar-refractivity contribution in [3.8, 4) is 11.5 Å². The van der Waals surface area contributed by atoms with E-state index in [1.165, 1.54) is 0 Å². The number of hydrogen-bond donors (Lipinski definition) is 1. The van der Waals surface area contributed by atoms with Crippen LogP contribution in [0.1, 0.15) is 17.2 Å². The van der Waals surface area contributed by atoms with Gasteiger partial charge in [-0.15, -0.1) is 0 Å². The SMILES string of the molecule is CNC(c1c(Cl)cccc1Cl)c1c(OC)cccc1OC. The lowest BCUT2D eigenvalue weighted by Crippen LogP contribution is -2.20. The maximum Gasteiger partial charge on any atom is 0.127 e. The van der Waals surface area contributed by atoms with Gasteiger partial charge < -0.3 is 14.8 Å². The third-order valence-electron chi connectivity index (χ3n) is 3.33. The molecule has 0 amide bonds. The molecule has 0 aromatic heterocycles. The molecule has 0 radical (unpaired) electrons. The first-order chi connectivity index (χ1) is 10.1. The summed E-state index contributed by atoms with van der Waals surface area (Å²) in [5.74, 6) is 1.43. The molecule has 0 aliphatic rings. The van der Waals surface area contributed by atoms with Crippen LogP contribution < -0.4 is 14.8 Å². The summed E-state index contributed by atoms with van der Waals surface area (Å²) in [6.45, 7) is 0. The molecule has 2 rings (SSSR count). The van der Waals surface area contributed by atoms with Crippen LogP contribution in [-0.4, -0.2) is 21.3 Å². The van der Waals surface area contributed by atoms with E-state index in [4.69, 9.17) is 32.7 Å². The second kappa shape index (κ2) is 7.03. The fraction of sp³-hybridized carbons (Fsp3) is 0.250. The molecule has 1 N–H and O–H groups in total. The lowest BCUT2D eigenvalue weighted by molar-refractivity contribution is 0.379. The van der Waals surface area contributed by atoms with Crippen LogP contribution in [-0.2, 0) is 0 Å². The van der Waals surface area contributed by atoms with Crippen LogP contribution >= 0.6 is 23.2 Å². The van der Waals surface area contributed by atoms with Crippen LogP contribution in [0, 0.1) is 0 Å². The van der Waals surface area contributed by atoms with Crippen molar-refractivity contribution in [3.63, 3.8) is 0 Å². The van der Waals surface area contributed by atoms with Gasteiger partial charge in [-0.05, 0) is 31.3 Å². The topological polar surface area (TPSA) is 30.5 Å². The highest BCUT2D eigenvalue weighted by Crippen LogP contribution is 2.41. The Morgan fingerprint density at radius 2 is 1.33 bits per heavy atom. The first-order valence-electron chi connectivity index (χ1n) is 6.46. The first-order valence-corrected chi connectivity index (χ1v) is 7.21. The standard InChI is InChI=1S/C16H17Cl2NO2/c1-19-16(14-10(17)6-4-7-11(14)18)15-12(20-2)8-5-9-13(15)21-3/h4-9,16,19H,1-3H3. The number of nitrogens with one attached hydrogen (secondary N) is 1. The van der Waals surface area contributed by atoms with Crippen molar-refractivity contribution in [3.05, 3.63) is 57.6 Å². The zero-order valence-electron chi connectivity index (χ0n) is 12.1. The van der Waals surface area contributed by atoms with Crippen molar-refractivity contribution >= 4 is 23.2 Å². The second-order valence-corrected chi connectivity index (χ2v) is 5.25. The van der Waals surface area contributed by atoms with Crippen molar-refractivity contribution in [1.82, 2.24) is 5.32 Å². The fourth-order valence-corrected chi connectivity index (χ4v) is 3.00. The first kappa shape index (κ1) is 16.0. The number of rotatable bonds is 5. The second-order valence-electron chi connectivity index (χ2n) is 4.43. The monoisotopic (exact) mass is 325 g/mol. The lowest BCUT2D eigenvalue weighted by Gasteiger charge is -2.24. The van der Waals surface area contributed by atoms with Crippen LogP contribution in [0.4, 0.5) is 0 Å². The maximum absolute atomic E-state index is 6.34. The Bertz CT molecular complexity index is 589. The van der Waals surface area contributed by atoms with Gasteiger partial charge in [-0.2, -0.15) is 0 Å². The zero-order chi connectivity index (χ0) is 15.4. The molecule has 1 atom stereocenters. The molecule has 0 heterocycles. The Kier molecular flexibility index (Phi) is 5.34. The number of methoxy groups -OCH3 is 2. The minimum absolute atomic E-state index is 0.239. The largest absolute Gasteiger partial charge is 0.496 e.